The second-order valence-electron chi connectivity index (χ2n) is 6.62. The van der Waals surface area contributed by atoms with Crippen molar-refractivity contribution in [2.75, 3.05) is 6.61 Å². The third-order valence-electron chi connectivity index (χ3n) is 4.32. The molecule has 1 saturated heterocycles. The third-order valence-corrected chi connectivity index (χ3v) is 7.02. The Morgan fingerprint density at radius 2 is 1.72 bits per heavy atom. The van der Waals surface area contributed by atoms with E-state index in [2.05, 4.69) is 54.6 Å². The molecule has 4 heteroatoms. The van der Waals surface area contributed by atoms with Crippen LogP contribution in [-0.4, -0.2) is 45.0 Å². The second kappa shape index (κ2) is 8.97. The van der Waals surface area contributed by atoms with E-state index in [0.29, 0.717) is 4.82 Å². The summed E-state index contributed by atoms with van der Waals surface area (Å²) in [6.45, 7) is 4.07. The average Bonchev–Trinajstić information content (AvgIpc) is 2.63. The van der Waals surface area contributed by atoms with Gasteiger partial charge in [-0.05, 0) is 0 Å². The summed E-state index contributed by atoms with van der Waals surface area (Å²) in [4.78, 5) is 0.379. The Hall–Kier alpha value is -1.16. The Kier molecular flexibility index (Phi) is 6.69. The quantitative estimate of drug-likeness (QED) is 0.751. The van der Waals surface area contributed by atoms with Gasteiger partial charge in [-0.15, -0.1) is 0 Å². The van der Waals surface area contributed by atoms with E-state index in [4.69, 9.17) is 9.47 Å². The molecule has 1 fully saturated rings. The molecular weight excluding hydrogens is 379 g/mol. The van der Waals surface area contributed by atoms with E-state index in [1.54, 1.807) is 0 Å². The number of rotatable bonds is 6. The molecule has 3 nitrogen and oxygen atoms in total. The van der Waals surface area contributed by atoms with Crippen molar-refractivity contribution in [1.82, 2.24) is 0 Å². The number of hydrogen-bond acceptors (Lipinski definition) is 3. The number of aliphatic hydroxyl groups is 1. The summed E-state index contributed by atoms with van der Waals surface area (Å²) in [7, 11) is 0. The molecule has 2 aromatic carbocycles. The van der Waals surface area contributed by atoms with E-state index in [-0.39, 0.29) is 46.0 Å². The topological polar surface area (TPSA) is 38.7 Å². The molecule has 25 heavy (non-hydrogen) atoms. The van der Waals surface area contributed by atoms with Crippen molar-refractivity contribution in [2.45, 2.75) is 49.5 Å². The van der Waals surface area contributed by atoms with Crippen LogP contribution in [0.1, 0.15) is 31.9 Å². The summed E-state index contributed by atoms with van der Waals surface area (Å²) in [5, 5.41) is 9.82. The van der Waals surface area contributed by atoms with Gasteiger partial charge in [-0.3, -0.25) is 0 Å². The van der Waals surface area contributed by atoms with Crippen LogP contribution in [0.4, 0.5) is 0 Å². The molecular formula is C21H26O3Se. The van der Waals surface area contributed by atoms with Gasteiger partial charge in [-0.1, -0.05) is 0 Å². The van der Waals surface area contributed by atoms with Gasteiger partial charge >= 0.3 is 156 Å². The van der Waals surface area contributed by atoms with E-state index in [1.807, 2.05) is 19.9 Å². The van der Waals surface area contributed by atoms with Gasteiger partial charge < -0.3 is 0 Å². The maximum absolute atomic E-state index is 9.82. The molecule has 1 heterocycles. The molecule has 2 aromatic rings. The second-order valence-corrected chi connectivity index (χ2v) is 9.37. The molecule has 0 saturated carbocycles. The van der Waals surface area contributed by atoms with Crippen LogP contribution in [-0.2, 0) is 9.47 Å². The molecule has 0 spiro atoms. The summed E-state index contributed by atoms with van der Waals surface area (Å²) < 4.78 is 13.8. The van der Waals surface area contributed by atoms with Crippen LogP contribution in [0.2, 0.25) is 4.82 Å². The maximum atomic E-state index is 9.82. The first-order valence-electron chi connectivity index (χ1n) is 8.86. The predicted molar refractivity (Wildman–Crippen MR) is 101 cm³/mol. The van der Waals surface area contributed by atoms with Gasteiger partial charge in [-0.25, -0.2) is 0 Å². The van der Waals surface area contributed by atoms with Gasteiger partial charge in [0.15, 0.2) is 0 Å². The first kappa shape index (κ1) is 18.6. The van der Waals surface area contributed by atoms with E-state index in [0.717, 1.165) is 6.42 Å². The van der Waals surface area contributed by atoms with Crippen molar-refractivity contribution in [2.24, 2.45) is 0 Å². The third kappa shape index (κ3) is 4.93. The van der Waals surface area contributed by atoms with Gasteiger partial charge in [0.1, 0.15) is 0 Å². The van der Waals surface area contributed by atoms with Crippen molar-refractivity contribution >= 4 is 19.4 Å². The van der Waals surface area contributed by atoms with E-state index in [9.17, 15) is 5.11 Å². The fraction of sp³-hybridized carbons (Fsp3) is 0.429. The average molecular weight is 405 g/mol. The molecule has 1 aliphatic rings. The van der Waals surface area contributed by atoms with Crippen LogP contribution in [0.25, 0.3) is 0 Å². The van der Waals surface area contributed by atoms with Gasteiger partial charge in [0, 0.05) is 0 Å². The van der Waals surface area contributed by atoms with E-state index in [1.165, 1.54) is 10.0 Å². The fourth-order valence-electron chi connectivity index (χ4n) is 3.24. The molecule has 0 radical (unpaired) electrons. The van der Waals surface area contributed by atoms with E-state index >= 15 is 0 Å². The van der Waals surface area contributed by atoms with Gasteiger partial charge in [0.05, 0.1) is 0 Å². The van der Waals surface area contributed by atoms with Gasteiger partial charge in [0.25, 0.3) is 0 Å². The van der Waals surface area contributed by atoms with Crippen LogP contribution in [0.5, 0.6) is 0 Å². The van der Waals surface area contributed by atoms with Gasteiger partial charge in [-0.2, -0.15) is 0 Å². The summed E-state index contributed by atoms with van der Waals surface area (Å²) >= 11 is 0.279. The zero-order valence-corrected chi connectivity index (χ0v) is 16.5. The van der Waals surface area contributed by atoms with Crippen molar-refractivity contribution < 1.29 is 14.6 Å². The molecule has 0 aliphatic carbocycles. The van der Waals surface area contributed by atoms with Crippen molar-refractivity contribution in [1.29, 1.82) is 0 Å². The molecule has 1 N–H and O–H groups in total. The van der Waals surface area contributed by atoms with E-state index < -0.39 is 0 Å². The van der Waals surface area contributed by atoms with Crippen LogP contribution in [0, 0.1) is 0 Å². The molecule has 3 rings (SSSR count). The number of aliphatic hydroxyl groups excluding tert-OH is 1. The first-order chi connectivity index (χ1) is 12.2. The van der Waals surface area contributed by atoms with Gasteiger partial charge in [0.2, 0.25) is 0 Å². The Labute approximate surface area is 156 Å². The Balaban J connectivity index is 1.85. The normalized spacial score (nSPS) is 26.7. The van der Waals surface area contributed by atoms with Crippen LogP contribution >= 0.6 is 0 Å². The zero-order chi connectivity index (χ0) is 17.6. The number of hydrogen-bond donors (Lipinski definition) is 1. The monoisotopic (exact) mass is 406 g/mol. The standard InChI is InChI=1S/C21H26O3Se/c1-15(2)23-18-13-20(25-17-11-7-4-8-12-17)21(24-19(18)14-22)16-9-5-3-6-10-16/h3-12,15,18-22H,13-14H2,1-2H3/t18-,19+,20-,21+/m1/s1. The number of benzene rings is 2. The summed E-state index contributed by atoms with van der Waals surface area (Å²) in [5.41, 5.74) is 1.19. The minimum absolute atomic E-state index is 0.00516. The summed E-state index contributed by atoms with van der Waals surface area (Å²) in [5.74, 6) is 0. The molecule has 4 atom stereocenters. The first-order valence-corrected chi connectivity index (χ1v) is 10.7. The zero-order valence-electron chi connectivity index (χ0n) is 14.7. The molecule has 0 aromatic heterocycles. The van der Waals surface area contributed by atoms with Crippen molar-refractivity contribution in [3.05, 3.63) is 66.2 Å². The minimum atomic E-state index is -0.268. The SMILES string of the molecule is CC(C)O[C@@H]1C[C@@H]([Se]c2ccccc2)[C@H](c2ccccc2)O[C@H]1CO. The molecule has 0 unspecified atom stereocenters. The Bertz CT molecular complexity index is 632. The molecule has 134 valence electrons. The predicted octanol–water partition coefficient (Wildman–Crippen LogP) is 3.12. The molecule has 0 amide bonds. The summed E-state index contributed by atoms with van der Waals surface area (Å²) in [6, 6.07) is 21.0. The Morgan fingerprint density at radius 3 is 2.32 bits per heavy atom. The number of ether oxygens (including phenoxy) is 2. The van der Waals surface area contributed by atoms with Crippen LogP contribution in [0.3, 0.4) is 0 Å². The van der Waals surface area contributed by atoms with Crippen molar-refractivity contribution in [3.8, 4) is 0 Å². The van der Waals surface area contributed by atoms with Crippen LogP contribution in [0.15, 0.2) is 60.7 Å². The molecule has 1 aliphatic heterocycles. The Morgan fingerprint density at radius 1 is 1.08 bits per heavy atom. The van der Waals surface area contributed by atoms with Crippen LogP contribution < -0.4 is 4.46 Å². The fourth-order valence-corrected chi connectivity index (χ4v) is 5.96. The van der Waals surface area contributed by atoms with Crippen molar-refractivity contribution in [3.63, 3.8) is 0 Å². The summed E-state index contributed by atoms with van der Waals surface area (Å²) in [6.07, 6.45) is 0.722. The molecule has 0 bridgehead atoms.